The second-order valence-corrected chi connectivity index (χ2v) is 7.34. The molecule has 0 bridgehead atoms. The fourth-order valence-electron chi connectivity index (χ4n) is 2.63. The van der Waals surface area contributed by atoms with Crippen LogP contribution in [0.4, 0.5) is 0 Å². The molecule has 3 rings (SSSR count). The summed E-state index contributed by atoms with van der Waals surface area (Å²) < 4.78 is 1.72. The fraction of sp³-hybridized carbons (Fsp3) is 0.500. The second-order valence-electron chi connectivity index (χ2n) is 5.56. The summed E-state index contributed by atoms with van der Waals surface area (Å²) in [6.07, 6.45) is 3.98. The molecule has 1 aliphatic heterocycles. The number of rotatable bonds is 3. The molecular formula is C14H16Cl2N4OS. The number of carbonyl (C=O) groups is 1. The summed E-state index contributed by atoms with van der Waals surface area (Å²) in [5.74, 6) is 1.06. The van der Waals surface area contributed by atoms with Crippen molar-refractivity contribution in [2.45, 2.75) is 24.9 Å². The third kappa shape index (κ3) is 3.34. The first-order valence-electron chi connectivity index (χ1n) is 7.15. The number of nitrogens with zero attached hydrogens (tertiary/aromatic N) is 4. The van der Waals surface area contributed by atoms with Crippen LogP contribution in [0.3, 0.4) is 0 Å². The van der Waals surface area contributed by atoms with Gasteiger partial charge in [-0.1, -0.05) is 41.9 Å². The summed E-state index contributed by atoms with van der Waals surface area (Å²) in [5, 5.41) is 9.71. The average Bonchev–Trinajstić information content (AvgIpc) is 2.88. The average molecular weight is 359 g/mol. The lowest BCUT2D eigenvalue weighted by Crippen LogP contribution is -2.40. The molecule has 0 spiro atoms. The van der Waals surface area contributed by atoms with Crippen molar-refractivity contribution in [1.82, 2.24) is 19.5 Å². The molecule has 0 aromatic carbocycles. The number of hydrogen-bond acceptors (Lipinski definition) is 4. The number of pyridine rings is 1. The van der Waals surface area contributed by atoms with E-state index in [1.54, 1.807) is 16.7 Å². The molecule has 2 aromatic heterocycles. The van der Waals surface area contributed by atoms with Gasteiger partial charge in [0.2, 0.25) is 5.91 Å². The van der Waals surface area contributed by atoms with Gasteiger partial charge in [-0.3, -0.25) is 9.20 Å². The smallest absolute Gasteiger partial charge is 0.233 e. The molecule has 0 aliphatic carbocycles. The third-order valence-corrected chi connectivity index (χ3v) is 5.14. The highest BCUT2D eigenvalue weighted by atomic mass is 35.5. The number of aromatic nitrogens is 3. The van der Waals surface area contributed by atoms with E-state index in [1.165, 1.54) is 18.2 Å². The molecule has 22 heavy (non-hydrogen) atoms. The third-order valence-electron chi connectivity index (χ3n) is 3.73. The highest BCUT2D eigenvalue weighted by Gasteiger charge is 2.21. The van der Waals surface area contributed by atoms with Gasteiger partial charge in [0.25, 0.3) is 0 Å². The first-order valence-corrected chi connectivity index (χ1v) is 8.89. The van der Waals surface area contributed by atoms with Gasteiger partial charge in [-0.15, -0.1) is 10.2 Å². The number of thioether (sulfide) groups is 1. The maximum Gasteiger partial charge on any atom is 0.233 e. The van der Waals surface area contributed by atoms with Gasteiger partial charge >= 0.3 is 0 Å². The van der Waals surface area contributed by atoms with Gasteiger partial charge in [0.05, 0.1) is 15.8 Å². The van der Waals surface area contributed by atoms with Gasteiger partial charge in [-0.05, 0) is 24.8 Å². The number of likely N-dealkylation sites (tertiary alicyclic amines) is 1. The number of hydrogen-bond donors (Lipinski definition) is 0. The molecule has 1 atom stereocenters. The zero-order chi connectivity index (χ0) is 15.7. The lowest BCUT2D eigenvalue weighted by molar-refractivity contribution is -0.130. The lowest BCUT2D eigenvalue weighted by atomic mass is 10.0. The Kier molecular flexibility index (Phi) is 4.80. The van der Waals surface area contributed by atoms with E-state index in [4.69, 9.17) is 23.2 Å². The number of halogens is 2. The quantitative estimate of drug-likeness (QED) is 0.789. The van der Waals surface area contributed by atoms with E-state index < -0.39 is 0 Å². The van der Waals surface area contributed by atoms with E-state index in [0.717, 1.165) is 19.5 Å². The van der Waals surface area contributed by atoms with E-state index >= 15 is 0 Å². The van der Waals surface area contributed by atoms with Gasteiger partial charge in [0.1, 0.15) is 0 Å². The first-order chi connectivity index (χ1) is 10.5. The Labute approximate surface area is 143 Å². The highest BCUT2D eigenvalue weighted by Crippen LogP contribution is 2.25. The monoisotopic (exact) mass is 358 g/mol. The second kappa shape index (κ2) is 6.64. The lowest BCUT2D eigenvalue weighted by Gasteiger charge is -2.30. The Hall–Kier alpha value is -0.980. The molecule has 1 amide bonds. The molecule has 2 aromatic rings. The SMILES string of the molecule is CC1CCCN(C(=O)CSc2nnc3c(Cl)cc(Cl)cn23)C1. The van der Waals surface area contributed by atoms with Gasteiger partial charge in [0, 0.05) is 19.3 Å². The zero-order valence-electron chi connectivity index (χ0n) is 12.1. The normalized spacial score (nSPS) is 18.9. The minimum absolute atomic E-state index is 0.140. The van der Waals surface area contributed by atoms with E-state index in [0.29, 0.717) is 32.5 Å². The van der Waals surface area contributed by atoms with Crippen molar-refractivity contribution in [1.29, 1.82) is 0 Å². The van der Waals surface area contributed by atoms with Crippen LogP contribution < -0.4 is 0 Å². The summed E-state index contributed by atoms with van der Waals surface area (Å²) >= 11 is 13.4. The number of piperidine rings is 1. The van der Waals surface area contributed by atoms with Crippen LogP contribution in [0.5, 0.6) is 0 Å². The number of carbonyl (C=O) groups excluding carboxylic acids is 1. The molecule has 3 heterocycles. The predicted molar refractivity (Wildman–Crippen MR) is 88.7 cm³/mol. The predicted octanol–water partition coefficient (Wildman–Crippen LogP) is 3.39. The van der Waals surface area contributed by atoms with Crippen LogP contribution >= 0.6 is 35.0 Å². The van der Waals surface area contributed by atoms with Gasteiger partial charge in [-0.25, -0.2) is 0 Å². The number of fused-ring (bicyclic) bond motifs is 1. The molecule has 0 N–H and O–H groups in total. The van der Waals surface area contributed by atoms with E-state index in [9.17, 15) is 4.79 Å². The van der Waals surface area contributed by atoms with Crippen molar-refractivity contribution < 1.29 is 4.79 Å². The largest absolute Gasteiger partial charge is 0.342 e. The topological polar surface area (TPSA) is 50.5 Å². The summed E-state index contributed by atoms with van der Waals surface area (Å²) in [6, 6.07) is 1.63. The van der Waals surface area contributed by atoms with Crippen LogP contribution in [0.25, 0.3) is 5.65 Å². The van der Waals surface area contributed by atoms with Crippen molar-refractivity contribution in [3.05, 3.63) is 22.3 Å². The zero-order valence-corrected chi connectivity index (χ0v) is 14.5. The Balaban J connectivity index is 1.70. The molecule has 1 fully saturated rings. The first kappa shape index (κ1) is 15.9. The van der Waals surface area contributed by atoms with Crippen molar-refractivity contribution in [2.24, 2.45) is 5.92 Å². The van der Waals surface area contributed by atoms with Crippen LogP contribution in [0.1, 0.15) is 19.8 Å². The minimum atomic E-state index is 0.140. The molecule has 1 saturated heterocycles. The molecule has 118 valence electrons. The summed E-state index contributed by atoms with van der Waals surface area (Å²) in [5.41, 5.74) is 0.549. The summed E-state index contributed by atoms with van der Waals surface area (Å²) in [4.78, 5) is 14.2. The van der Waals surface area contributed by atoms with Crippen LogP contribution in [0, 0.1) is 5.92 Å². The molecule has 5 nitrogen and oxygen atoms in total. The molecule has 0 radical (unpaired) electrons. The van der Waals surface area contributed by atoms with Gasteiger partial charge in [-0.2, -0.15) is 0 Å². The van der Waals surface area contributed by atoms with Gasteiger partial charge in [0.15, 0.2) is 10.8 Å². The van der Waals surface area contributed by atoms with E-state index in [1.807, 2.05) is 4.90 Å². The van der Waals surface area contributed by atoms with Crippen molar-refractivity contribution in [3.8, 4) is 0 Å². The van der Waals surface area contributed by atoms with Crippen molar-refractivity contribution in [3.63, 3.8) is 0 Å². The molecule has 1 unspecified atom stereocenters. The van der Waals surface area contributed by atoms with Crippen LogP contribution in [0.2, 0.25) is 10.0 Å². The summed E-state index contributed by atoms with van der Waals surface area (Å²) in [6.45, 7) is 3.88. The van der Waals surface area contributed by atoms with E-state index in [2.05, 4.69) is 17.1 Å². The highest BCUT2D eigenvalue weighted by molar-refractivity contribution is 7.99. The van der Waals surface area contributed by atoms with E-state index in [-0.39, 0.29) is 5.91 Å². The van der Waals surface area contributed by atoms with Crippen LogP contribution in [-0.4, -0.2) is 44.2 Å². The Morgan fingerprint density at radius 2 is 2.27 bits per heavy atom. The standard InChI is InChI=1S/C14H16Cl2N4OS/c1-9-3-2-4-19(6-9)12(21)8-22-14-18-17-13-11(16)5-10(15)7-20(13)14/h5,7,9H,2-4,6,8H2,1H3. The van der Waals surface area contributed by atoms with Crippen LogP contribution in [-0.2, 0) is 4.79 Å². The molecule has 1 aliphatic rings. The number of amides is 1. The van der Waals surface area contributed by atoms with Gasteiger partial charge < -0.3 is 4.90 Å². The van der Waals surface area contributed by atoms with Crippen LogP contribution in [0.15, 0.2) is 17.4 Å². The fourth-order valence-corrected chi connectivity index (χ4v) is 3.96. The maximum atomic E-state index is 12.3. The Morgan fingerprint density at radius 1 is 1.45 bits per heavy atom. The summed E-state index contributed by atoms with van der Waals surface area (Å²) in [7, 11) is 0. The van der Waals surface area contributed by atoms with Crippen molar-refractivity contribution >= 4 is 46.5 Å². The van der Waals surface area contributed by atoms with Crippen molar-refractivity contribution in [2.75, 3.05) is 18.8 Å². The Bertz CT molecular complexity index is 705. The molecule has 8 heteroatoms. The molecule has 0 saturated carbocycles. The maximum absolute atomic E-state index is 12.3. The minimum Gasteiger partial charge on any atom is -0.342 e. The Morgan fingerprint density at radius 3 is 3.05 bits per heavy atom. The molecular weight excluding hydrogens is 343 g/mol.